The first kappa shape index (κ1) is 15.0. The van der Waals surface area contributed by atoms with E-state index in [1.165, 1.54) is 5.56 Å². The molecule has 1 saturated heterocycles. The second-order valence-corrected chi connectivity index (χ2v) is 5.44. The van der Waals surface area contributed by atoms with Crippen LogP contribution < -0.4 is 5.32 Å². The highest BCUT2D eigenvalue weighted by Gasteiger charge is 2.36. The molecule has 2 atom stereocenters. The van der Waals surface area contributed by atoms with Crippen molar-refractivity contribution in [2.24, 2.45) is 0 Å². The summed E-state index contributed by atoms with van der Waals surface area (Å²) in [7, 11) is 1.71. The number of benzene rings is 1. The average Bonchev–Trinajstić information content (AvgIpc) is 2.71. The summed E-state index contributed by atoms with van der Waals surface area (Å²) in [6.07, 6.45) is 1.95. The quantitative estimate of drug-likeness (QED) is 0.810. The van der Waals surface area contributed by atoms with Gasteiger partial charge >= 0.3 is 0 Å². The Morgan fingerprint density at radius 2 is 2.15 bits per heavy atom. The van der Waals surface area contributed by atoms with Crippen LogP contribution in [0, 0.1) is 6.92 Å². The van der Waals surface area contributed by atoms with E-state index >= 15 is 0 Å². The fraction of sp³-hybridized carbons (Fsp3) is 0.562. The molecule has 0 bridgehead atoms. The van der Waals surface area contributed by atoms with Crippen LogP contribution >= 0.6 is 0 Å². The van der Waals surface area contributed by atoms with Gasteiger partial charge in [0.15, 0.2) is 0 Å². The Labute approximate surface area is 121 Å². The van der Waals surface area contributed by atoms with Gasteiger partial charge in [0.2, 0.25) is 5.91 Å². The summed E-state index contributed by atoms with van der Waals surface area (Å²) in [6.45, 7) is 5.53. The number of aryl methyl sites for hydroxylation is 1. The van der Waals surface area contributed by atoms with Crippen LogP contribution in [0.4, 0.5) is 0 Å². The van der Waals surface area contributed by atoms with E-state index in [4.69, 9.17) is 4.74 Å². The number of methoxy groups -OCH3 is 1. The molecule has 1 aliphatic rings. The van der Waals surface area contributed by atoms with Crippen molar-refractivity contribution < 1.29 is 9.53 Å². The number of unbranched alkanes of at least 4 members (excludes halogenated alkanes) is 1. The van der Waals surface area contributed by atoms with E-state index in [2.05, 4.69) is 30.4 Å². The van der Waals surface area contributed by atoms with Crippen molar-refractivity contribution in [1.82, 2.24) is 10.2 Å². The summed E-state index contributed by atoms with van der Waals surface area (Å²) in [6, 6.07) is 8.24. The fourth-order valence-corrected chi connectivity index (χ4v) is 2.66. The molecule has 0 spiro atoms. The van der Waals surface area contributed by atoms with Crippen LogP contribution in [0.2, 0.25) is 0 Å². The number of carbonyl (C=O) groups excluding carboxylic acids is 1. The molecule has 0 aromatic heterocycles. The topological polar surface area (TPSA) is 41.6 Å². The molecule has 1 amide bonds. The number of nitrogens with one attached hydrogen (secondary N) is 1. The number of ether oxygens (including phenoxy) is 1. The molecule has 4 nitrogen and oxygen atoms in total. The van der Waals surface area contributed by atoms with Crippen LogP contribution in [0.3, 0.4) is 0 Å². The summed E-state index contributed by atoms with van der Waals surface area (Å²) in [5.74, 6) is 0.189. The molecule has 1 aromatic carbocycles. The molecule has 0 aliphatic carbocycles. The van der Waals surface area contributed by atoms with Crippen molar-refractivity contribution in [2.45, 2.75) is 38.9 Å². The maximum Gasteiger partial charge on any atom is 0.241 e. The monoisotopic (exact) mass is 276 g/mol. The maximum absolute atomic E-state index is 12.3. The van der Waals surface area contributed by atoms with Crippen molar-refractivity contribution in [1.29, 1.82) is 0 Å². The minimum Gasteiger partial charge on any atom is -0.385 e. The molecule has 4 heteroatoms. The first-order chi connectivity index (χ1) is 9.63. The Kier molecular flexibility index (Phi) is 5.15. The Morgan fingerprint density at radius 3 is 2.85 bits per heavy atom. The zero-order valence-corrected chi connectivity index (χ0v) is 12.6. The third-order valence-electron chi connectivity index (χ3n) is 3.73. The van der Waals surface area contributed by atoms with Crippen molar-refractivity contribution >= 4 is 5.91 Å². The van der Waals surface area contributed by atoms with E-state index in [0.717, 1.165) is 31.6 Å². The summed E-state index contributed by atoms with van der Waals surface area (Å²) in [4.78, 5) is 14.2. The number of rotatable bonds is 6. The summed E-state index contributed by atoms with van der Waals surface area (Å²) >= 11 is 0. The lowest BCUT2D eigenvalue weighted by Gasteiger charge is -2.25. The van der Waals surface area contributed by atoms with E-state index in [0.29, 0.717) is 0 Å². The first-order valence-electron chi connectivity index (χ1n) is 7.25. The first-order valence-corrected chi connectivity index (χ1v) is 7.25. The normalized spacial score (nSPS) is 22.6. The Morgan fingerprint density at radius 1 is 1.35 bits per heavy atom. The molecule has 1 N–H and O–H groups in total. The van der Waals surface area contributed by atoms with Gasteiger partial charge in [0, 0.05) is 20.3 Å². The lowest BCUT2D eigenvalue weighted by Crippen LogP contribution is -2.31. The molecule has 1 aromatic rings. The molecular weight excluding hydrogens is 252 g/mol. The highest BCUT2D eigenvalue weighted by molar-refractivity contribution is 5.84. The Bertz CT molecular complexity index is 462. The van der Waals surface area contributed by atoms with Gasteiger partial charge in [0.1, 0.15) is 6.17 Å². The largest absolute Gasteiger partial charge is 0.385 e. The smallest absolute Gasteiger partial charge is 0.241 e. The lowest BCUT2D eigenvalue weighted by molar-refractivity contribution is -0.129. The fourth-order valence-electron chi connectivity index (χ4n) is 2.66. The van der Waals surface area contributed by atoms with Crippen molar-refractivity contribution in [3.8, 4) is 0 Å². The Hall–Kier alpha value is -1.39. The van der Waals surface area contributed by atoms with Crippen molar-refractivity contribution in [3.63, 3.8) is 0 Å². The number of carbonyl (C=O) groups is 1. The average molecular weight is 276 g/mol. The number of nitrogens with zero attached hydrogens (tertiary/aromatic N) is 1. The molecule has 2 unspecified atom stereocenters. The molecule has 1 fully saturated rings. The van der Waals surface area contributed by atoms with Crippen LogP contribution in [-0.4, -0.2) is 37.1 Å². The Balaban J connectivity index is 2.07. The van der Waals surface area contributed by atoms with Gasteiger partial charge in [0.05, 0.1) is 6.04 Å². The predicted molar refractivity (Wildman–Crippen MR) is 79.3 cm³/mol. The molecule has 0 saturated carbocycles. The van der Waals surface area contributed by atoms with Crippen LogP contribution in [-0.2, 0) is 9.53 Å². The third kappa shape index (κ3) is 3.38. The summed E-state index contributed by atoms with van der Waals surface area (Å²) < 4.78 is 5.06. The van der Waals surface area contributed by atoms with E-state index in [1.807, 2.05) is 17.9 Å². The van der Waals surface area contributed by atoms with Gasteiger partial charge in [-0.1, -0.05) is 29.8 Å². The standard InChI is InChI=1S/C16H24N2O2/c1-12-7-6-8-14(11-12)15-17-13(2)16(19)18(15)9-4-5-10-20-3/h6-8,11,13,15,17H,4-5,9-10H2,1-3H3. The summed E-state index contributed by atoms with van der Waals surface area (Å²) in [5.41, 5.74) is 2.38. The van der Waals surface area contributed by atoms with E-state index in [-0.39, 0.29) is 18.1 Å². The van der Waals surface area contributed by atoms with Gasteiger partial charge in [0.25, 0.3) is 0 Å². The third-order valence-corrected chi connectivity index (χ3v) is 3.73. The minimum absolute atomic E-state index is 0.0000510. The predicted octanol–water partition coefficient (Wildman–Crippen LogP) is 2.24. The molecular formula is C16H24N2O2. The van der Waals surface area contributed by atoms with Gasteiger partial charge in [-0.2, -0.15) is 0 Å². The van der Waals surface area contributed by atoms with Crippen molar-refractivity contribution in [3.05, 3.63) is 35.4 Å². The highest BCUT2D eigenvalue weighted by Crippen LogP contribution is 2.26. The van der Waals surface area contributed by atoms with Gasteiger partial charge in [-0.3, -0.25) is 10.1 Å². The zero-order valence-electron chi connectivity index (χ0n) is 12.6. The van der Waals surface area contributed by atoms with Crippen LogP contribution in [0.1, 0.15) is 37.1 Å². The second-order valence-electron chi connectivity index (χ2n) is 5.44. The molecule has 20 heavy (non-hydrogen) atoms. The maximum atomic E-state index is 12.3. The molecule has 1 aliphatic heterocycles. The van der Waals surface area contributed by atoms with E-state index in [9.17, 15) is 4.79 Å². The van der Waals surface area contributed by atoms with Crippen LogP contribution in [0.25, 0.3) is 0 Å². The van der Waals surface area contributed by atoms with E-state index < -0.39 is 0 Å². The number of hydrogen-bond acceptors (Lipinski definition) is 3. The number of amides is 1. The van der Waals surface area contributed by atoms with Crippen molar-refractivity contribution in [2.75, 3.05) is 20.3 Å². The molecule has 1 heterocycles. The van der Waals surface area contributed by atoms with E-state index in [1.54, 1.807) is 7.11 Å². The number of hydrogen-bond donors (Lipinski definition) is 1. The highest BCUT2D eigenvalue weighted by atomic mass is 16.5. The lowest BCUT2D eigenvalue weighted by atomic mass is 10.1. The van der Waals surface area contributed by atoms with Gasteiger partial charge < -0.3 is 9.64 Å². The van der Waals surface area contributed by atoms with Gasteiger partial charge in [-0.25, -0.2) is 0 Å². The summed E-state index contributed by atoms with van der Waals surface area (Å²) in [5, 5.41) is 3.38. The van der Waals surface area contributed by atoms with Gasteiger partial charge in [-0.15, -0.1) is 0 Å². The minimum atomic E-state index is -0.108. The molecule has 110 valence electrons. The zero-order chi connectivity index (χ0) is 14.5. The SMILES string of the molecule is COCCCCN1C(=O)C(C)NC1c1cccc(C)c1. The second kappa shape index (κ2) is 6.86. The molecule has 0 radical (unpaired) electrons. The van der Waals surface area contributed by atoms with Gasteiger partial charge in [-0.05, 0) is 32.3 Å². The van der Waals surface area contributed by atoms with Crippen LogP contribution in [0.15, 0.2) is 24.3 Å². The van der Waals surface area contributed by atoms with Crippen LogP contribution in [0.5, 0.6) is 0 Å². The molecule has 2 rings (SSSR count).